The highest BCUT2D eigenvalue weighted by molar-refractivity contribution is 5.10. The number of rotatable bonds is 0. The second-order valence-corrected chi connectivity index (χ2v) is 2.67. The molecule has 4 nitrogen and oxygen atoms in total. The summed E-state index contributed by atoms with van der Waals surface area (Å²) in [6.45, 7) is 2.99. The van der Waals surface area contributed by atoms with Gasteiger partial charge in [-0.1, -0.05) is 19.3 Å². The van der Waals surface area contributed by atoms with Gasteiger partial charge < -0.3 is 15.4 Å². The predicted octanol–water partition coefficient (Wildman–Crippen LogP) is -0.151. The first-order valence-corrected chi connectivity index (χ1v) is 4.10. The Labute approximate surface area is 73.3 Å². The molecule has 0 aromatic rings. The van der Waals surface area contributed by atoms with Crippen molar-refractivity contribution in [1.82, 2.24) is 5.32 Å². The van der Waals surface area contributed by atoms with Crippen molar-refractivity contribution in [2.45, 2.75) is 38.3 Å². The largest absolute Gasteiger partial charge is 0.412 e. The SMILES string of the molecule is C1CC1.C=O.O.OC1CCCN1. The van der Waals surface area contributed by atoms with E-state index in [1.807, 2.05) is 6.79 Å². The number of carbonyl (C=O) groups is 1. The fourth-order valence-corrected chi connectivity index (χ4v) is 0.666. The van der Waals surface area contributed by atoms with Gasteiger partial charge in [0.1, 0.15) is 13.0 Å². The highest BCUT2D eigenvalue weighted by Gasteiger charge is 2.07. The van der Waals surface area contributed by atoms with E-state index in [1.165, 1.54) is 19.3 Å². The van der Waals surface area contributed by atoms with E-state index in [4.69, 9.17) is 9.90 Å². The number of aliphatic hydroxyl groups is 1. The molecule has 4 heteroatoms. The maximum Gasteiger partial charge on any atom is 0.106 e. The lowest BCUT2D eigenvalue weighted by atomic mass is 10.4. The maximum absolute atomic E-state index is 8.62. The molecule has 2 aliphatic rings. The Morgan fingerprint density at radius 2 is 1.67 bits per heavy atom. The van der Waals surface area contributed by atoms with Crippen molar-refractivity contribution in [2.75, 3.05) is 6.54 Å². The standard InChI is InChI=1S/C4H9NO.C3H6.CH2O.H2O/c6-4-2-1-3-5-4;1-2-3-1;1-2;/h4-6H,1-3H2;1-3H2;1H2;1H2. The molecule has 1 unspecified atom stereocenters. The van der Waals surface area contributed by atoms with Crippen LogP contribution in [0.1, 0.15) is 32.1 Å². The van der Waals surface area contributed by atoms with Crippen molar-refractivity contribution in [1.29, 1.82) is 0 Å². The summed E-state index contributed by atoms with van der Waals surface area (Å²) < 4.78 is 0. The van der Waals surface area contributed by atoms with E-state index in [1.54, 1.807) is 0 Å². The van der Waals surface area contributed by atoms with Gasteiger partial charge in [0, 0.05) is 0 Å². The van der Waals surface area contributed by atoms with Gasteiger partial charge in [-0.05, 0) is 19.4 Å². The van der Waals surface area contributed by atoms with Crippen molar-refractivity contribution in [3.8, 4) is 0 Å². The van der Waals surface area contributed by atoms with Crippen molar-refractivity contribution in [2.24, 2.45) is 0 Å². The molecular formula is C8H19NO3. The Morgan fingerprint density at radius 3 is 1.75 bits per heavy atom. The van der Waals surface area contributed by atoms with Crippen molar-refractivity contribution < 1.29 is 15.4 Å². The van der Waals surface area contributed by atoms with Crippen LogP contribution in [0.4, 0.5) is 0 Å². The molecule has 4 N–H and O–H groups in total. The average Bonchev–Trinajstić information content (AvgIpc) is 2.86. The van der Waals surface area contributed by atoms with Crippen LogP contribution < -0.4 is 5.32 Å². The smallest absolute Gasteiger partial charge is 0.106 e. The van der Waals surface area contributed by atoms with Crippen molar-refractivity contribution in [3.63, 3.8) is 0 Å². The molecule has 0 aromatic carbocycles. The average molecular weight is 177 g/mol. The third kappa shape index (κ3) is 12.2. The lowest BCUT2D eigenvalue weighted by molar-refractivity contribution is -0.0979. The van der Waals surface area contributed by atoms with Gasteiger partial charge in [-0.2, -0.15) is 0 Å². The topological polar surface area (TPSA) is 80.8 Å². The Kier molecular flexibility index (Phi) is 12.4. The number of nitrogens with one attached hydrogen (secondary N) is 1. The molecule has 1 heterocycles. The fourth-order valence-electron chi connectivity index (χ4n) is 0.666. The first kappa shape index (κ1) is 14.1. The Hall–Kier alpha value is -0.450. The zero-order valence-corrected chi connectivity index (χ0v) is 7.38. The Bertz CT molecular complexity index is 79.6. The third-order valence-electron chi connectivity index (χ3n) is 1.39. The second-order valence-electron chi connectivity index (χ2n) is 2.67. The van der Waals surface area contributed by atoms with Crippen LogP contribution in [-0.4, -0.2) is 30.1 Å². The van der Waals surface area contributed by atoms with Gasteiger partial charge in [-0.25, -0.2) is 0 Å². The lowest BCUT2D eigenvalue weighted by Crippen LogP contribution is -2.19. The third-order valence-corrected chi connectivity index (χ3v) is 1.39. The number of hydrogen-bond acceptors (Lipinski definition) is 3. The highest BCUT2D eigenvalue weighted by atomic mass is 16.3. The summed E-state index contributed by atoms with van der Waals surface area (Å²) in [5.41, 5.74) is 0. The van der Waals surface area contributed by atoms with Crippen LogP contribution in [0.25, 0.3) is 0 Å². The first-order chi connectivity index (χ1) is 5.39. The minimum atomic E-state index is -0.204. The van der Waals surface area contributed by atoms with E-state index >= 15 is 0 Å². The normalized spacial score (nSPS) is 23.6. The van der Waals surface area contributed by atoms with Gasteiger partial charge in [-0.15, -0.1) is 0 Å². The van der Waals surface area contributed by atoms with Crippen molar-refractivity contribution in [3.05, 3.63) is 0 Å². The monoisotopic (exact) mass is 177 g/mol. The molecule has 1 atom stereocenters. The van der Waals surface area contributed by atoms with E-state index in [0.717, 1.165) is 19.4 Å². The quantitative estimate of drug-likeness (QED) is 0.540. The van der Waals surface area contributed by atoms with Crippen LogP contribution in [0, 0.1) is 0 Å². The van der Waals surface area contributed by atoms with Crippen LogP contribution >= 0.6 is 0 Å². The molecule has 1 saturated carbocycles. The molecule has 74 valence electrons. The van der Waals surface area contributed by atoms with Gasteiger partial charge in [0.05, 0.1) is 0 Å². The predicted molar refractivity (Wildman–Crippen MR) is 47.8 cm³/mol. The summed E-state index contributed by atoms with van der Waals surface area (Å²) in [4.78, 5) is 8.00. The van der Waals surface area contributed by atoms with Crippen LogP contribution in [0.3, 0.4) is 0 Å². The summed E-state index contributed by atoms with van der Waals surface area (Å²) in [6, 6.07) is 0. The molecule has 0 radical (unpaired) electrons. The lowest BCUT2D eigenvalue weighted by Gasteiger charge is -1.94. The van der Waals surface area contributed by atoms with Gasteiger partial charge in [-0.3, -0.25) is 5.32 Å². The summed E-state index contributed by atoms with van der Waals surface area (Å²) in [6.07, 6.45) is 6.35. The van der Waals surface area contributed by atoms with E-state index in [-0.39, 0.29) is 11.7 Å². The summed E-state index contributed by atoms with van der Waals surface area (Å²) in [5.74, 6) is 0. The van der Waals surface area contributed by atoms with E-state index in [2.05, 4.69) is 5.32 Å². The Balaban J connectivity index is 0. The van der Waals surface area contributed by atoms with Crippen LogP contribution in [-0.2, 0) is 4.79 Å². The van der Waals surface area contributed by atoms with E-state index in [0.29, 0.717) is 0 Å². The molecular weight excluding hydrogens is 158 g/mol. The second kappa shape index (κ2) is 10.6. The molecule has 1 aliphatic carbocycles. The summed E-state index contributed by atoms with van der Waals surface area (Å²) >= 11 is 0. The van der Waals surface area contributed by atoms with Gasteiger partial charge in [0.15, 0.2) is 0 Å². The molecule has 2 fully saturated rings. The number of aliphatic hydroxyl groups excluding tert-OH is 1. The summed E-state index contributed by atoms with van der Waals surface area (Å²) in [5, 5.41) is 11.5. The minimum absolute atomic E-state index is 0. The van der Waals surface area contributed by atoms with Crippen LogP contribution in [0.5, 0.6) is 0 Å². The van der Waals surface area contributed by atoms with Crippen molar-refractivity contribution >= 4 is 6.79 Å². The highest BCUT2D eigenvalue weighted by Crippen LogP contribution is 2.14. The number of hydrogen-bond donors (Lipinski definition) is 2. The molecule has 0 amide bonds. The van der Waals surface area contributed by atoms with Crippen LogP contribution in [0.15, 0.2) is 0 Å². The molecule has 12 heavy (non-hydrogen) atoms. The van der Waals surface area contributed by atoms with Gasteiger partial charge in [0.25, 0.3) is 0 Å². The molecule has 0 spiro atoms. The van der Waals surface area contributed by atoms with E-state index < -0.39 is 0 Å². The van der Waals surface area contributed by atoms with Crippen LogP contribution in [0.2, 0.25) is 0 Å². The molecule has 1 saturated heterocycles. The van der Waals surface area contributed by atoms with E-state index in [9.17, 15) is 0 Å². The number of carbonyl (C=O) groups excluding carboxylic acids is 1. The maximum atomic E-state index is 8.62. The molecule has 1 aliphatic heterocycles. The zero-order valence-electron chi connectivity index (χ0n) is 7.38. The minimum Gasteiger partial charge on any atom is -0.412 e. The fraction of sp³-hybridized carbons (Fsp3) is 0.875. The van der Waals surface area contributed by atoms with Gasteiger partial charge >= 0.3 is 0 Å². The zero-order chi connectivity index (χ0) is 8.53. The Morgan fingerprint density at radius 1 is 1.17 bits per heavy atom. The molecule has 2 rings (SSSR count). The first-order valence-electron chi connectivity index (χ1n) is 4.10. The molecule has 0 aromatic heterocycles. The van der Waals surface area contributed by atoms with Gasteiger partial charge in [0.2, 0.25) is 0 Å². The summed E-state index contributed by atoms with van der Waals surface area (Å²) in [7, 11) is 0. The molecule has 0 bridgehead atoms.